The zero-order valence-electron chi connectivity index (χ0n) is 9.13. The van der Waals surface area contributed by atoms with E-state index in [9.17, 15) is 4.79 Å². The Hall–Kier alpha value is -1.88. The monoisotopic (exact) mass is 251 g/mol. The molecule has 0 spiro atoms. The van der Waals surface area contributed by atoms with E-state index in [1.807, 2.05) is 12.1 Å². The Labute approximate surface area is 103 Å². The first-order valence-electron chi connectivity index (χ1n) is 4.93. The van der Waals surface area contributed by atoms with Crippen LogP contribution in [0.15, 0.2) is 30.5 Å². The molecule has 0 atom stereocenters. The van der Waals surface area contributed by atoms with Gasteiger partial charge in [-0.2, -0.15) is 0 Å². The summed E-state index contributed by atoms with van der Waals surface area (Å²) >= 11 is 5.79. The lowest BCUT2D eigenvalue weighted by Gasteiger charge is -1.98. The summed E-state index contributed by atoms with van der Waals surface area (Å²) in [6.07, 6.45) is 1.80. The number of methoxy groups -OCH3 is 1. The van der Waals surface area contributed by atoms with Crippen LogP contribution in [0.3, 0.4) is 0 Å². The van der Waals surface area contributed by atoms with Gasteiger partial charge in [-0.25, -0.2) is 4.68 Å². The molecule has 5 nitrogen and oxygen atoms in total. The number of nitrogens with zero attached hydrogens (tertiary/aromatic N) is 3. The number of rotatable bonds is 3. The first kappa shape index (κ1) is 11.6. The predicted molar refractivity (Wildman–Crippen MR) is 62.1 cm³/mol. The minimum Gasteiger partial charge on any atom is -0.469 e. The van der Waals surface area contributed by atoms with E-state index in [-0.39, 0.29) is 12.4 Å². The molecule has 2 aromatic rings. The molecule has 88 valence electrons. The molecule has 17 heavy (non-hydrogen) atoms. The summed E-state index contributed by atoms with van der Waals surface area (Å²) < 4.78 is 6.13. The van der Waals surface area contributed by atoms with E-state index in [4.69, 9.17) is 11.6 Å². The average Bonchev–Trinajstić information content (AvgIpc) is 2.78. The standard InChI is InChI=1S/C11H10ClN3O2/c1-17-11(16)6-9-7-15(14-13-9)10-4-2-8(12)3-5-10/h2-5,7H,6H2,1H3. The predicted octanol–water partition coefficient (Wildman–Crippen LogP) is 1.64. The van der Waals surface area contributed by atoms with Crippen LogP contribution in [0, 0.1) is 0 Å². The molecule has 1 aromatic heterocycles. The molecule has 2 rings (SSSR count). The molecule has 1 aromatic carbocycles. The highest BCUT2D eigenvalue weighted by atomic mass is 35.5. The maximum atomic E-state index is 11.1. The summed E-state index contributed by atoms with van der Waals surface area (Å²) in [6.45, 7) is 0. The SMILES string of the molecule is COC(=O)Cc1cn(-c2ccc(Cl)cc2)nn1. The summed E-state index contributed by atoms with van der Waals surface area (Å²) in [7, 11) is 1.34. The Morgan fingerprint density at radius 2 is 2.12 bits per heavy atom. The van der Waals surface area contributed by atoms with E-state index in [2.05, 4.69) is 15.0 Å². The normalized spacial score (nSPS) is 10.2. The van der Waals surface area contributed by atoms with Crippen molar-refractivity contribution in [3.05, 3.63) is 41.2 Å². The summed E-state index contributed by atoms with van der Waals surface area (Å²) in [5.41, 5.74) is 1.39. The number of carbonyl (C=O) groups excluding carboxylic acids is 1. The summed E-state index contributed by atoms with van der Waals surface area (Å²) in [5.74, 6) is -0.340. The van der Waals surface area contributed by atoms with Crippen molar-refractivity contribution in [2.45, 2.75) is 6.42 Å². The van der Waals surface area contributed by atoms with Crippen molar-refractivity contribution in [3.63, 3.8) is 0 Å². The van der Waals surface area contributed by atoms with Crippen LogP contribution < -0.4 is 0 Å². The molecule has 0 unspecified atom stereocenters. The Balaban J connectivity index is 2.18. The zero-order valence-corrected chi connectivity index (χ0v) is 9.89. The topological polar surface area (TPSA) is 57.0 Å². The lowest BCUT2D eigenvalue weighted by Crippen LogP contribution is -2.04. The molecule has 0 radical (unpaired) electrons. The molecule has 6 heteroatoms. The van der Waals surface area contributed by atoms with Gasteiger partial charge in [-0.1, -0.05) is 16.8 Å². The van der Waals surface area contributed by atoms with E-state index in [0.717, 1.165) is 5.69 Å². The second-order valence-corrected chi connectivity index (χ2v) is 3.82. The van der Waals surface area contributed by atoms with Crippen LogP contribution in [0.4, 0.5) is 0 Å². The van der Waals surface area contributed by atoms with Crippen molar-refractivity contribution in [3.8, 4) is 5.69 Å². The molecule has 0 saturated carbocycles. The smallest absolute Gasteiger partial charge is 0.311 e. The van der Waals surface area contributed by atoms with Crippen LogP contribution in [0.25, 0.3) is 5.69 Å². The minimum absolute atomic E-state index is 0.115. The molecular formula is C11H10ClN3O2. The highest BCUT2D eigenvalue weighted by Crippen LogP contribution is 2.12. The third kappa shape index (κ3) is 2.82. The van der Waals surface area contributed by atoms with Gasteiger partial charge in [0.2, 0.25) is 0 Å². The van der Waals surface area contributed by atoms with Crippen molar-refractivity contribution < 1.29 is 9.53 Å². The Bertz CT molecular complexity index is 522. The zero-order chi connectivity index (χ0) is 12.3. The molecule has 0 aliphatic heterocycles. The van der Waals surface area contributed by atoms with Crippen LogP contribution in [-0.4, -0.2) is 28.1 Å². The maximum absolute atomic E-state index is 11.1. The van der Waals surface area contributed by atoms with E-state index in [0.29, 0.717) is 10.7 Å². The lowest BCUT2D eigenvalue weighted by atomic mass is 10.3. The molecule has 0 aliphatic rings. The molecule has 0 bridgehead atoms. The average molecular weight is 252 g/mol. The summed E-state index contributed by atoms with van der Waals surface area (Å²) in [5, 5.41) is 8.46. The maximum Gasteiger partial charge on any atom is 0.311 e. The van der Waals surface area contributed by atoms with Crippen LogP contribution >= 0.6 is 11.6 Å². The molecule has 0 amide bonds. The largest absolute Gasteiger partial charge is 0.469 e. The number of ether oxygens (including phenoxy) is 1. The van der Waals surface area contributed by atoms with E-state index in [1.165, 1.54) is 7.11 Å². The molecule has 0 aliphatic carbocycles. The van der Waals surface area contributed by atoms with Gasteiger partial charge >= 0.3 is 5.97 Å². The number of carbonyl (C=O) groups is 1. The minimum atomic E-state index is -0.340. The molecule has 1 heterocycles. The van der Waals surface area contributed by atoms with Gasteiger partial charge in [0, 0.05) is 5.02 Å². The number of hydrogen-bond donors (Lipinski definition) is 0. The van der Waals surface area contributed by atoms with E-state index in [1.54, 1.807) is 23.0 Å². The van der Waals surface area contributed by atoms with Crippen LogP contribution in [0.5, 0.6) is 0 Å². The molecular weight excluding hydrogens is 242 g/mol. The fourth-order valence-electron chi connectivity index (χ4n) is 1.32. The number of halogens is 1. The van der Waals surface area contributed by atoms with Gasteiger partial charge in [0.1, 0.15) is 0 Å². The summed E-state index contributed by atoms with van der Waals surface area (Å²) in [4.78, 5) is 11.1. The first-order valence-corrected chi connectivity index (χ1v) is 5.31. The molecule has 0 fully saturated rings. The van der Waals surface area contributed by atoms with Gasteiger partial charge in [0.05, 0.1) is 31.1 Å². The van der Waals surface area contributed by atoms with Crippen molar-refractivity contribution in [2.24, 2.45) is 0 Å². The van der Waals surface area contributed by atoms with Crippen LogP contribution in [0.1, 0.15) is 5.69 Å². The van der Waals surface area contributed by atoms with E-state index >= 15 is 0 Å². The van der Waals surface area contributed by atoms with Crippen LogP contribution in [0.2, 0.25) is 5.02 Å². The van der Waals surface area contributed by atoms with Crippen molar-refractivity contribution in [1.29, 1.82) is 0 Å². The highest BCUT2D eigenvalue weighted by molar-refractivity contribution is 6.30. The Morgan fingerprint density at radius 1 is 1.41 bits per heavy atom. The number of aromatic nitrogens is 3. The summed E-state index contributed by atoms with van der Waals surface area (Å²) in [6, 6.07) is 7.16. The van der Waals surface area contributed by atoms with Gasteiger partial charge in [0.15, 0.2) is 0 Å². The highest BCUT2D eigenvalue weighted by Gasteiger charge is 2.07. The third-order valence-corrected chi connectivity index (χ3v) is 2.44. The van der Waals surface area contributed by atoms with Gasteiger partial charge in [-0.3, -0.25) is 4.79 Å². The van der Waals surface area contributed by atoms with Crippen molar-refractivity contribution in [2.75, 3.05) is 7.11 Å². The fraction of sp³-hybridized carbons (Fsp3) is 0.182. The van der Waals surface area contributed by atoms with Gasteiger partial charge < -0.3 is 4.74 Å². The van der Waals surface area contributed by atoms with Gasteiger partial charge in [0.25, 0.3) is 0 Å². The number of esters is 1. The Kier molecular flexibility index (Phi) is 3.39. The quantitative estimate of drug-likeness (QED) is 0.778. The lowest BCUT2D eigenvalue weighted by molar-refractivity contribution is -0.139. The first-order chi connectivity index (χ1) is 8.19. The molecule has 0 saturated heterocycles. The second-order valence-electron chi connectivity index (χ2n) is 3.38. The third-order valence-electron chi connectivity index (χ3n) is 2.19. The second kappa shape index (κ2) is 4.97. The fourth-order valence-corrected chi connectivity index (χ4v) is 1.45. The number of hydrogen-bond acceptors (Lipinski definition) is 4. The van der Waals surface area contributed by atoms with Gasteiger partial charge in [-0.15, -0.1) is 5.10 Å². The van der Waals surface area contributed by atoms with Crippen molar-refractivity contribution >= 4 is 17.6 Å². The van der Waals surface area contributed by atoms with Crippen molar-refractivity contribution in [1.82, 2.24) is 15.0 Å². The molecule has 0 N–H and O–H groups in total. The number of benzene rings is 1. The Morgan fingerprint density at radius 3 is 2.76 bits per heavy atom. The van der Waals surface area contributed by atoms with Gasteiger partial charge in [-0.05, 0) is 24.3 Å². The van der Waals surface area contributed by atoms with Crippen LogP contribution in [-0.2, 0) is 16.0 Å². The van der Waals surface area contributed by atoms with E-state index < -0.39 is 0 Å².